The largest absolute Gasteiger partial charge is 0.473 e. The van der Waals surface area contributed by atoms with Gasteiger partial charge in [-0.15, -0.1) is 0 Å². The van der Waals surface area contributed by atoms with Crippen molar-refractivity contribution in [3.8, 4) is 0 Å². The predicted molar refractivity (Wildman–Crippen MR) is 68.3 cm³/mol. The number of piperidine rings is 1. The normalized spacial score (nSPS) is 22.5. The quantitative estimate of drug-likeness (QED) is 0.490. The number of amides is 1. The smallest absolute Gasteiger partial charge is 0.414 e. The molecule has 4 N–H and O–H groups in total. The summed E-state index contributed by atoms with van der Waals surface area (Å²) in [5.74, 6) is -3.56. The molecule has 2 aliphatic heterocycles. The minimum absolute atomic E-state index is 0.0920. The molecule has 0 radical (unpaired) electrons. The Morgan fingerprint density at radius 2 is 1.65 bits per heavy atom. The lowest BCUT2D eigenvalue weighted by Gasteiger charge is -2.24. The summed E-state index contributed by atoms with van der Waals surface area (Å²) in [6, 6.07) is 0.355. The number of carboxylic acid groups (broad SMARTS) is 2. The Kier molecular flexibility index (Phi) is 6.96. The first-order valence-electron chi connectivity index (χ1n) is 6.59. The van der Waals surface area contributed by atoms with Crippen LogP contribution in [0.4, 0.5) is 0 Å². The van der Waals surface area contributed by atoms with Gasteiger partial charge < -0.3 is 25.6 Å². The van der Waals surface area contributed by atoms with E-state index in [-0.39, 0.29) is 12.0 Å². The Bertz CT molecular complexity index is 336. The SMILES string of the molecule is O=C(NC1CCNCC1)[C@H]1CCCO1.O=C(O)C(=O)O. The first-order valence-corrected chi connectivity index (χ1v) is 6.59. The maximum absolute atomic E-state index is 11.7. The summed E-state index contributed by atoms with van der Waals surface area (Å²) in [4.78, 5) is 29.9. The Morgan fingerprint density at radius 3 is 2.10 bits per heavy atom. The highest BCUT2D eigenvalue weighted by Crippen LogP contribution is 2.13. The number of carbonyl (C=O) groups excluding carboxylic acids is 1. The third-order valence-electron chi connectivity index (χ3n) is 3.09. The lowest BCUT2D eigenvalue weighted by Crippen LogP contribution is -2.46. The fraction of sp³-hybridized carbons (Fsp3) is 0.750. The summed E-state index contributed by atoms with van der Waals surface area (Å²) in [6.45, 7) is 2.76. The number of carbonyl (C=O) groups is 3. The number of rotatable bonds is 2. The van der Waals surface area contributed by atoms with Gasteiger partial charge in [-0.3, -0.25) is 4.79 Å². The maximum Gasteiger partial charge on any atom is 0.414 e. The van der Waals surface area contributed by atoms with E-state index in [1.807, 2.05) is 0 Å². The molecule has 20 heavy (non-hydrogen) atoms. The third-order valence-corrected chi connectivity index (χ3v) is 3.09. The van der Waals surface area contributed by atoms with Gasteiger partial charge in [-0.2, -0.15) is 0 Å². The van der Waals surface area contributed by atoms with Crippen LogP contribution in [0.25, 0.3) is 0 Å². The van der Waals surface area contributed by atoms with E-state index in [0.717, 1.165) is 45.4 Å². The van der Waals surface area contributed by atoms with Gasteiger partial charge in [0.1, 0.15) is 6.10 Å². The standard InChI is InChI=1S/C10H18N2O2.C2H2O4/c13-10(9-2-1-7-14-9)12-8-3-5-11-6-4-8;3-1(4)2(5)6/h8-9,11H,1-7H2,(H,12,13);(H,3,4)(H,5,6)/t9-;/m1./s1. The maximum atomic E-state index is 11.7. The van der Waals surface area contributed by atoms with Crippen molar-refractivity contribution in [2.45, 2.75) is 37.8 Å². The first-order chi connectivity index (χ1) is 9.50. The van der Waals surface area contributed by atoms with Crippen molar-refractivity contribution in [3.05, 3.63) is 0 Å². The van der Waals surface area contributed by atoms with Crippen LogP contribution >= 0.6 is 0 Å². The van der Waals surface area contributed by atoms with Crippen molar-refractivity contribution in [2.75, 3.05) is 19.7 Å². The van der Waals surface area contributed by atoms with Gasteiger partial charge in [0.2, 0.25) is 5.91 Å². The number of hydrogen-bond donors (Lipinski definition) is 4. The van der Waals surface area contributed by atoms with Crippen molar-refractivity contribution in [3.63, 3.8) is 0 Å². The molecular weight excluding hydrogens is 268 g/mol. The number of aliphatic carboxylic acids is 2. The van der Waals surface area contributed by atoms with Gasteiger partial charge in [0.25, 0.3) is 0 Å². The van der Waals surface area contributed by atoms with E-state index >= 15 is 0 Å². The van der Waals surface area contributed by atoms with Gasteiger partial charge in [0, 0.05) is 12.6 Å². The summed E-state index contributed by atoms with van der Waals surface area (Å²) in [7, 11) is 0. The van der Waals surface area contributed by atoms with E-state index in [4.69, 9.17) is 24.5 Å². The molecule has 0 aromatic carbocycles. The topological polar surface area (TPSA) is 125 Å². The van der Waals surface area contributed by atoms with Crippen LogP contribution in [0.1, 0.15) is 25.7 Å². The Balaban J connectivity index is 0.000000286. The number of ether oxygens (including phenoxy) is 1. The van der Waals surface area contributed by atoms with Gasteiger partial charge in [0.15, 0.2) is 0 Å². The van der Waals surface area contributed by atoms with Crippen molar-refractivity contribution < 1.29 is 29.3 Å². The predicted octanol–water partition coefficient (Wildman–Crippen LogP) is -0.811. The van der Waals surface area contributed by atoms with Crippen LogP contribution in [0, 0.1) is 0 Å². The average molecular weight is 288 g/mol. The molecule has 0 unspecified atom stereocenters. The summed E-state index contributed by atoms with van der Waals surface area (Å²) in [5.41, 5.74) is 0. The molecule has 0 saturated carbocycles. The molecule has 2 aliphatic rings. The highest BCUT2D eigenvalue weighted by molar-refractivity contribution is 6.27. The molecule has 2 saturated heterocycles. The summed E-state index contributed by atoms with van der Waals surface area (Å²) < 4.78 is 5.33. The molecule has 0 bridgehead atoms. The third kappa shape index (κ3) is 5.98. The molecule has 0 aliphatic carbocycles. The summed E-state index contributed by atoms with van der Waals surface area (Å²) >= 11 is 0. The lowest BCUT2D eigenvalue weighted by atomic mass is 10.1. The lowest BCUT2D eigenvalue weighted by molar-refractivity contribution is -0.159. The molecule has 8 heteroatoms. The van der Waals surface area contributed by atoms with Crippen LogP contribution in [0.5, 0.6) is 0 Å². The van der Waals surface area contributed by atoms with Gasteiger partial charge in [0.05, 0.1) is 0 Å². The fourth-order valence-electron chi connectivity index (χ4n) is 2.04. The van der Waals surface area contributed by atoms with Crippen molar-refractivity contribution >= 4 is 17.8 Å². The van der Waals surface area contributed by atoms with Gasteiger partial charge in [-0.05, 0) is 38.8 Å². The first kappa shape index (κ1) is 16.4. The van der Waals surface area contributed by atoms with Crippen LogP contribution in [0.3, 0.4) is 0 Å². The van der Waals surface area contributed by atoms with Gasteiger partial charge in [-0.1, -0.05) is 0 Å². The zero-order chi connectivity index (χ0) is 15.0. The summed E-state index contributed by atoms with van der Waals surface area (Å²) in [5, 5.41) is 21.1. The van der Waals surface area contributed by atoms with Gasteiger partial charge >= 0.3 is 11.9 Å². The second kappa shape index (κ2) is 8.49. The number of hydrogen-bond acceptors (Lipinski definition) is 5. The van der Waals surface area contributed by atoms with Crippen LogP contribution in [0.2, 0.25) is 0 Å². The molecule has 0 aromatic rings. The number of nitrogens with one attached hydrogen (secondary N) is 2. The molecule has 1 amide bonds. The van der Waals surface area contributed by atoms with Crippen LogP contribution in [-0.2, 0) is 19.1 Å². The van der Waals surface area contributed by atoms with Crippen molar-refractivity contribution in [2.24, 2.45) is 0 Å². The minimum atomic E-state index is -1.82. The van der Waals surface area contributed by atoms with E-state index in [9.17, 15) is 4.79 Å². The molecular formula is C12H20N2O6. The molecule has 8 nitrogen and oxygen atoms in total. The molecule has 114 valence electrons. The molecule has 0 spiro atoms. The average Bonchev–Trinajstić information content (AvgIpc) is 2.94. The second-order valence-corrected chi connectivity index (χ2v) is 4.64. The van der Waals surface area contributed by atoms with E-state index in [2.05, 4.69) is 10.6 Å². The molecule has 1 atom stereocenters. The Hall–Kier alpha value is -1.67. The van der Waals surface area contributed by atoms with Crippen molar-refractivity contribution in [1.82, 2.24) is 10.6 Å². The van der Waals surface area contributed by atoms with Crippen LogP contribution in [0.15, 0.2) is 0 Å². The van der Waals surface area contributed by atoms with E-state index in [1.165, 1.54) is 0 Å². The molecule has 0 aromatic heterocycles. The van der Waals surface area contributed by atoms with E-state index in [1.54, 1.807) is 0 Å². The van der Waals surface area contributed by atoms with Crippen LogP contribution < -0.4 is 10.6 Å². The Labute approximate surface area is 116 Å². The Morgan fingerprint density at radius 1 is 1.05 bits per heavy atom. The van der Waals surface area contributed by atoms with Crippen LogP contribution in [-0.4, -0.2) is 59.9 Å². The van der Waals surface area contributed by atoms with Gasteiger partial charge in [-0.25, -0.2) is 9.59 Å². The summed E-state index contributed by atoms with van der Waals surface area (Å²) in [6.07, 6.45) is 3.81. The fourth-order valence-corrected chi connectivity index (χ4v) is 2.04. The zero-order valence-corrected chi connectivity index (χ0v) is 11.1. The zero-order valence-electron chi connectivity index (χ0n) is 11.1. The van der Waals surface area contributed by atoms with E-state index in [0.29, 0.717) is 6.04 Å². The molecule has 2 heterocycles. The minimum Gasteiger partial charge on any atom is -0.473 e. The molecule has 2 fully saturated rings. The van der Waals surface area contributed by atoms with Crippen molar-refractivity contribution in [1.29, 1.82) is 0 Å². The second-order valence-electron chi connectivity index (χ2n) is 4.64. The highest BCUT2D eigenvalue weighted by atomic mass is 16.5. The van der Waals surface area contributed by atoms with E-state index < -0.39 is 11.9 Å². The monoisotopic (exact) mass is 288 g/mol. The highest BCUT2D eigenvalue weighted by Gasteiger charge is 2.25. The molecule has 2 rings (SSSR count). The number of carboxylic acids is 2.